The van der Waals surface area contributed by atoms with Gasteiger partial charge in [0.15, 0.2) is 0 Å². The molecule has 1 fully saturated rings. The molecule has 130 valence electrons. The number of hydrogen-bond donors (Lipinski definition) is 0. The van der Waals surface area contributed by atoms with Gasteiger partial charge >= 0.3 is 0 Å². The van der Waals surface area contributed by atoms with Crippen molar-refractivity contribution >= 4 is 43.2 Å². The summed E-state index contributed by atoms with van der Waals surface area (Å²) in [5, 5.41) is 0.914. The summed E-state index contributed by atoms with van der Waals surface area (Å²) >= 11 is 7.22. The molecular weight excluding hydrogens is 383 g/mol. The van der Waals surface area contributed by atoms with Gasteiger partial charge in [0, 0.05) is 11.6 Å². The first-order valence-electron chi connectivity index (χ1n) is 7.79. The number of rotatable bonds is 3. The second kappa shape index (κ2) is 6.32. The Morgan fingerprint density at radius 1 is 1.24 bits per heavy atom. The monoisotopic (exact) mass is 396 g/mol. The summed E-state index contributed by atoms with van der Waals surface area (Å²) in [6.07, 6.45) is 1.39. The van der Waals surface area contributed by atoms with Crippen molar-refractivity contribution in [3.05, 3.63) is 58.3 Å². The highest BCUT2D eigenvalue weighted by molar-refractivity contribution is 7.89. The third-order valence-electron chi connectivity index (χ3n) is 4.28. The van der Waals surface area contributed by atoms with E-state index < -0.39 is 15.8 Å². The van der Waals surface area contributed by atoms with Crippen LogP contribution in [0.15, 0.2) is 47.4 Å². The number of para-hydroxylation sites is 1. The molecule has 2 aromatic carbocycles. The minimum Gasteiger partial charge on any atom is -0.239 e. The summed E-state index contributed by atoms with van der Waals surface area (Å²) in [6.45, 7) is 0.352. The minimum absolute atomic E-state index is 0.167. The lowest BCUT2D eigenvalue weighted by atomic mass is 10.2. The Morgan fingerprint density at radius 2 is 2.04 bits per heavy atom. The van der Waals surface area contributed by atoms with E-state index in [2.05, 4.69) is 4.98 Å². The lowest BCUT2D eigenvalue weighted by Crippen LogP contribution is -2.31. The van der Waals surface area contributed by atoms with Crippen molar-refractivity contribution < 1.29 is 12.8 Å². The molecule has 1 saturated heterocycles. The van der Waals surface area contributed by atoms with Gasteiger partial charge in [0.05, 0.1) is 16.3 Å². The Bertz CT molecular complexity index is 1020. The van der Waals surface area contributed by atoms with Crippen molar-refractivity contribution in [1.82, 2.24) is 9.29 Å². The van der Waals surface area contributed by atoms with E-state index in [1.807, 2.05) is 24.3 Å². The van der Waals surface area contributed by atoms with Crippen LogP contribution in [0.25, 0.3) is 10.2 Å². The van der Waals surface area contributed by atoms with Crippen LogP contribution in [0.3, 0.4) is 0 Å². The van der Waals surface area contributed by atoms with Crippen molar-refractivity contribution in [2.75, 3.05) is 6.54 Å². The van der Waals surface area contributed by atoms with E-state index >= 15 is 0 Å². The molecule has 25 heavy (non-hydrogen) atoms. The molecule has 1 aromatic heterocycles. The fourth-order valence-corrected chi connectivity index (χ4v) is 6.17. The highest BCUT2D eigenvalue weighted by Gasteiger charge is 2.39. The lowest BCUT2D eigenvalue weighted by molar-refractivity contribution is 0.393. The fourth-order valence-electron chi connectivity index (χ4n) is 3.12. The molecule has 0 aliphatic carbocycles. The van der Waals surface area contributed by atoms with E-state index in [9.17, 15) is 12.8 Å². The van der Waals surface area contributed by atoms with Crippen molar-refractivity contribution in [3.8, 4) is 0 Å². The SMILES string of the molecule is O=S(=O)(c1ccc(Cl)cc1F)N1CCCC1c1nc2ccccc2s1. The van der Waals surface area contributed by atoms with E-state index in [4.69, 9.17) is 11.6 Å². The average Bonchev–Trinajstić information content (AvgIpc) is 3.21. The molecule has 0 bridgehead atoms. The number of fused-ring (bicyclic) bond motifs is 1. The number of aromatic nitrogens is 1. The average molecular weight is 397 g/mol. The molecule has 1 unspecified atom stereocenters. The zero-order valence-corrected chi connectivity index (χ0v) is 15.4. The van der Waals surface area contributed by atoms with Crippen LogP contribution in [0.2, 0.25) is 5.02 Å². The maximum absolute atomic E-state index is 14.2. The van der Waals surface area contributed by atoms with Crippen molar-refractivity contribution in [3.63, 3.8) is 0 Å². The fraction of sp³-hybridized carbons (Fsp3) is 0.235. The summed E-state index contributed by atoms with van der Waals surface area (Å²) in [5.74, 6) is -0.831. The molecule has 8 heteroatoms. The quantitative estimate of drug-likeness (QED) is 0.649. The van der Waals surface area contributed by atoms with Gasteiger partial charge in [0.1, 0.15) is 15.7 Å². The first kappa shape index (κ1) is 16.9. The number of hydrogen-bond acceptors (Lipinski definition) is 4. The van der Waals surface area contributed by atoms with Gasteiger partial charge in [0.2, 0.25) is 10.0 Å². The van der Waals surface area contributed by atoms with Crippen LogP contribution in [0.1, 0.15) is 23.9 Å². The molecule has 2 heterocycles. The second-order valence-corrected chi connectivity index (χ2v) is 9.23. The van der Waals surface area contributed by atoms with Gasteiger partial charge in [0.25, 0.3) is 0 Å². The first-order chi connectivity index (χ1) is 12.0. The van der Waals surface area contributed by atoms with E-state index in [1.165, 1.54) is 27.8 Å². The molecule has 4 nitrogen and oxygen atoms in total. The van der Waals surface area contributed by atoms with Crippen molar-refractivity contribution in [1.29, 1.82) is 0 Å². The smallest absolute Gasteiger partial charge is 0.239 e. The summed E-state index contributed by atoms with van der Waals surface area (Å²) < 4.78 is 42.5. The predicted molar refractivity (Wildman–Crippen MR) is 96.9 cm³/mol. The van der Waals surface area contributed by atoms with Crippen LogP contribution < -0.4 is 0 Å². The van der Waals surface area contributed by atoms with E-state index in [1.54, 1.807) is 0 Å². The number of benzene rings is 2. The number of sulfonamides is 1. The van der Waals surface area contributed by atoms with Gasteiger partial charge in [-0.3, -0.25) is 0 Å². The molecular formula is C17H14ClFN2O2S2. The lowest BCUT2D eigenvalue weighted by Gasteiger charge is -2.22. The standard InChI is InChI=1S/C17H14ClFN2O2S2/c18-11-7-8-16(12(19)10-11)25(22,23)21-9-3-5-14(21)17-20-13-4-1-2-6-15(13)24-17/h1-2,4,6-8,10,14H,3,5,9H2. The maximum atomic E-state index is 14.2. The molecule has 1 atom stereocenters. The normalized spacial score (nSPS) is 18.9. The molecule has 3 aromatic rings. The zero-order chi connectivity index (χ0) is 17.6. The summed E-state index contributed by atoms with van der Waals surface area (Å²) in [7, 11) is -3.95. The Hall–Kier alpha value is -1.54. The maximum Gasteiger partial charge on any atom is 0.246 e. The van der Waals surface area contributed by atoms with E-state index in [0.717, 1.165) is 27.7 Å². The van der Waals surface area contributed by atoms with Gasteiger partial charge in [-0.2, -0.15) is 4.31 Å². The van der Waals surface area contributed by atoms with Gasteiger partial charge in [-0.25, -0.2) is 17.8 Å². The number of nitrogens with zero attached hydrogens (tertiary/aromatic N) is 2. The molecule has 1 aliphatic rings. The molecule has 0 N–H and O–H groups in total. The minimum atomic E-state index is -3.95. The zero-order valence-electron chi connectivity index (χ0n) is 13.0. The van der Waals surface area contributed by atoms with Gasteiger partial charge < -0.3 is 0 Å². The molecule has 0 radical (unpaired) electrons. The van der Waals surface area contributed by atoms with Gasteiger partial charge in [-0.15, -0.1) is 11.3 Å². The number of halogens is 2. The highest BCUT2D eigenvalue weighted by atomic mass is 35.5. The predicted octanol–water partition coefficient (Wildman–Crippen LogP) is 4.61. The highest BCUT2D eigenvalue weighted by Crippen LogP contribution is 2.40. The summed E-state index contributed by atoms with van der Waals surface area (Å²) in [6, 6.07) is 11.0. The van der Waals surface area contributed by atoms with Crippen molar-refractivity contribution in [2.24, 2.45) is 0 Å². The molecule has 0 saturated carbocycles. The summed E-state index contributed by atoms with van der Waals surface area (Å²) in [5.41, 5.74) is 0.851. The largest absolute Gasteiger partial charge is 0.246 e. The molecule has 4 rings (SSSR count). The third kappa shape index (κ3) is 2.95. The Morgan fingerprint density at radius 3 is 2.80 bits per heavy atom. The van der Waals surface area contributed by atoms with Crippen LogP contribution in [0, 0.1) is 5.82 Å². The number of thiazole rings is 1. The molecule has 1 aliphatic heterocycles. The van der Waals surface area contributed by atoms with E-state index in [0.29, 0.717) is 13.0 Å². The topological polar surface area (TPSA) is 50.3 Å². The van der Waals surface area contributed by atoms with Crippen molar-refractivity contribution in [2.45, 2.75) is 23.8 Å². The van der Waals surface area contributed by atoms with Gasteiger partial charge in [-0.1, -0.05) is 23.7 Å². The molecule has 0 amide bonds. The van der Waals surface area contributed by atoms with Crippen LogP contribution in [0.5, 0.6) is 0 Å². The van der Waals surface area contributed by atoms with Crippen LogP contribution >= 0.6 is 22.9 Å². The Balaban J connectivity index is 1.75. The second-order valence-electron chi connectivity index (χ2n) is 5.87. The Kier molecular flexibility index (Phi) is 4.27. The van der Waals surface area contributed by atoms with Crippen LogP contribution in [0.4, 0.5) is 4.39 Å². The first-order valence-corrected chi connectivity index (χ1v) is 10.4. The van der Waals surface area contributed by atoms with Crippen LogP contribution in [-0.4, -0.2) is 24.3 Å². The van der Waals surface area contributed by atoms with Crippen LogP contribution in [-0.2, 0) is 10.0 Å². The Labute approximate surface area is 153 Å². The summed E-state index contributed by atoms with van der Waals surface area (Å²) in [4.78, 5) is 4.24. The van der Waals surface area contributed by atoms with Gasteiger partial charge in [-0.05, 0) is 43.2 Å². The molecule has 0 spiro atoms. The van der Waals surface area contributed by atoms with E-state index in [-0.39, 0.29) is 16.0 Å². The third-order valence-corrected chi connectivity index (χ3v) is 7.59.